The van der Waals surface area contributed by atoms with E-state index < -0.39 is 31.1 Å². The third kappa shape index (κ3) is 3.48. The van der Waals surface area contributed by atoms with Crippen LogP contribution in [0.4, 0.5) is 5.82 Å². The summed E-state index contributed by atoms with van der Waals surface area (Å²) in [6.07, 6.45) is -0.0934. The summed E-state index contributed by atoms with van der Waals surface area (Å²) in [5.74, 6) is 0.469. The quantitative estimate of drug-likeness (QED) is 0.441. The Morgan fingerprint density at radius 2 is 1.89 bits per heavy atom. The Morgan fingerprint density at radius 1 is 1.15 bits per heavy atom. The van der Waals surface area contributed by atoms with E-state index in [1.165, 1.54) is 10.9 Å². The number of aromatic nitrogens is 4. The second kappa shape index (κ2) is 7.46. The lowest BCUT2D eigenvalue weighted by atomic mass is 9.93. The standard InChI is InChI=1S/C16H22ClN5O5/c17-16-20-13(19-7-1-3-8(24)4-2-7)10-14(21-16)22(6-18-10)15-12(26)11(25)9(5-23)27-15/h6-9,11-12,15,23-26H,1-5H2,(H,19,20,21)/t7-,8-,9-,11-,12-,15-/m1/s1. The van der Waals surface area contributed by atoms with Gasteiger partial charge < -0.3 is 30.5 Å². The van der Waals surface area contributed by atoms with Crippen LogP contribution in [-0.4, -0.2) is 77.0 Å². The average Bonchev–Trinajstić information content (AvgIpc) is 3.18. The molecule has 11 heteroatoms. The van der Waals surface area contributed by atoms with Gasteiger partial charge in [0.2, 0.25) is 5.28 Å². The van der Waals surface area contributed by atoms with Gasteiger partial charge in [0.05, 0.1) is 19.0 Å². The van der Waals surface area contributed by atoms with E-state index in [0.717, 1.165) is 25.7 Å². The Balaban J connectivity index is 1.64. The van der Waals surface area contributed by atoms with Crippen molar-refractivity contribution in [3.8, 4) is 0 Å². The zero-order valence-electron chi connectivity index (χ0n) is 14.4. The molecular weight excluding hydrogens is 378 g/mol. The normalized spacial score (nSPS) is 34.3. The van der Waals surface area contributed by atoms with Gasteiger partial charge in [0, 0.05) is 6.04 Å². The number of nitrogens with zero attached hydrogens (tertiary/aromatic N) is 4. The maximum absolute atomic E-state index is 10.3. The summed E-state index contributed by atoms with van der Waals surface area (Å²) >= 11 is 6.09. The molecule has 1 aliphatic heterocycles. The highest BCUT2D eigenvalue weighted by atomic mass is 35.5. The van der Waals surface area contributed by atoms with Gasteiger partial charge in [-0.05, 0) is 37.3 Å². The van der Waals surface area contributed by atoms with Crippen LogP contribution in [0.25, 0.3) is 11.2 Å². The number of hydrogen-bond donors (Lipinski definition) is 5. The topological polar surface area (TPSA) is 146 Å². The van der Waals surface area contributed by atoms with Crippen molar-refractivity contribution < 1.29 is 25.2 Å². The number of fused-ring (bicyclic) bond motifs is 1. The fourth-order valence-corrected chi connectivity index (χ4v) is 3.86. The van der Waals surface area contributed by atoms with Crippen LogP contribution in [0.2, 0.25) is 5.28 Å². The highest BCUT2D eigenvalue weighted by Crippen LogP contribution is 2.33. The molecule has 1 saturated carbocycles. The minimum Gasteiger partial charge on any atom is -0.394 e. The number of aliphatic hydroxyl groups excluding tert-OH is 4. The zero-order valence-corrected chi connectivity index (χ0v) is 15.2. The van der Waals surface area contributed by atoms with Crippen molar-refractivity contribution in [3.05, 3.63) is 11.6 Å². The van der Waals surface area contributed by atoms with Gasteiger partial charge in [-0.25, -0.2) is 4.98 Å². The summed E-state index contributed by atoms with van der Waals surface area (Å²) in [7, 11) is 0. The van der Waals surface area contributed by atoms with Gasteiger partial charge in [-0.15, -0.1) is 0 Å². The maximum Gasteiger partial charge on any atom is 0.226 e. The molecule has 27 heavy (non-hydrogen) atoms. The second-order valence-corrected chi connectivity index (χ2v) is 7.38. The lowest BCUT2D eigenvalue weighted by Crippen LogP contribution is -2.33. The number of halogens is 1. The van der Waals surface area contributed by atoms with Crippen molar-refractivity contribution in [2.24, 2.45) is 0 Å². The molecule has 2 aromatic rings. The summed E-state index contributed by atoms with van der Waals surface area (Å²) in [4.78, 5) is 12.8. The molecule has 0 unspecified atom stereocenters. The SMILES string of the molecule is OC[C@H]1O[C@@H](n2cnc3c(N[C@H]4CC[C@H](O)CC4)nc(Cl)nc32)[C@H](O)[C@@H]1O. The van der Waals surface area contributed by atoms with Crippen molar-refractivity contribution in [1.29, 1.82) is 0 Å². The number of nitrogens with one attached hydrogen (secondary N) is 1. The average molecular weight is 400 g/mol. The monoisotopic (exact) mass is 399 g/mol. The maximum atomic E-state index is 10.3. The minimum absolute atomic E-state index is 0.00865. The molecule has 0 aromatic carbocycles. The molecule has 0 radical (unpaired) electrons. The van der Waals surface area contributed by atoms with Crippen LogP contribution in [0, 0.1) is 0 Å². The Morgan fingerprint density at radius 3 is 2.56 bits per heavy atom. The van der Waals surface area contributed by atoms with Crippen LogP contribution in [0.3, 0.4) is 0 Å². The number of ether oxygens (including phenoxy) is 1. The lowest BCUT2D eigenvalue weighted by molar-refractivity contribution is -0.0511. The van der Waals surface area contributed by atoms with E-state index in [9.17, 15) is 20.4 Å². The van der Waals surface area contributed by atoms with Crippen LogP contribution < -0.4 is 5.32 Å². The van der Waals surface area contributed by atoms with Gasteiger partial charge >= 0.3 is 0 Å². The number of hydrogen-bond acceptors (Lipinski definition) is 9. The van der Waals surface area contributed by atoms with Crippen molar-refractivity contribution in [1.82, 2.24) is 19.5 Å². The lowest BCUT2D eigenvalue weighted by Gasteiger charge is -2.26. The fraction of sp³-hybridized carbons (Fsp3) is 0.688. The van der Waals surface area contributed by atoms with E-state index in [4.69, 9.17) is 16.3 Å². The van der Waals surface area contributed by atoms with Crippen LogP contribution in [0.15, 0.2) is 6.33 Å². The first-order chi connectivity index (χ1) is 13.0. The Bertz CT molecular complexity index is 812. The number of aliphatic hydroxyl groups is 4. The zero-order chi connectivity index (χ0) is 19.1. The highest BCUT2D eigenvalue weighted by Gasteiger charge is 2.44. The predicted octanol–water partition coefficient (Wildman–Crippen LogP) is -0.193. The van der Waals surface area contributed by atoms with Gasteiger partial charge in [0.1, 0.15) is 18.3 Å². The van der Waals surface area contributed by atoms with E-state index in [0.29, 0.717) is 17.0 Å². The first-order valence-corrected chi connectivity index (χ1v) is 9.33. The van der Waals surface area contributed by atoms with Crippen molar-refractivity contribution in [2.75, 3.05) is 11.9 Å². The van der Waals surface area contributed by atoms with Gasteiger partial charge in [-0.3, -0.25) is 4.57 Å². The molecule has 10 nitrogen and oxygen atoms in total. The molecular formula is C16H22ClN5O5. The van der Waals surface area contributed by atoms with E-state index in [-0.39, 0.29) is 17.4 Å². The molecule has 2 aliphatic rings. The van der Waals surface area contributed by atoms with Crippen LogP contribution in [0.1, 0.15) is 31.9 Å². The van der Waals surface area contributed by atoms with E-state index in [1.807, 2.05) is 0 Å². The summed E-state index contributed by atoms with van der Waals surface area (Å²) in [6, 6.07) is 0.140. The third-order valence-electron chi connectivity index (χ3n) is 5.22. The van der Waals surface area contributed by atoms with E-state index >= 15 is 0 Å². The molecule has 5 N–H and O–H groups in total. The molecule has 4 rings (SSSR count). The molecule has 148 valence electrons. The summed E-state index contributed by atoms with van der Waals surface area (Å²) in [6.45, 7) is -0.419. The van der Waals surface area contributed by atoms with E-state index in [2.05, 4.69) is 20.3 Å². The largest absolute Gasteiger partial charge is 0.394 e. The van der Waals surface area contributed by atoms with Crippen LogP contribution >= 0.6 is 11.6 Å². The number of imidazole rings is 1. The molecule has 4 atom stereocenters. The molecule has 2 fully saturated rings. The molecule has 1 aliphatic carbocycles. The van der Waals surface area contributed by atoms with Gasteiger partial charge in [0.25, 0.3) is 0 Å². The van der Waals surface area contributed by atoms with Crippen molar-refractivity contribution >= 4 is 28.6 Å². The first kappa shape index (κ1) is 18.8. The molecule has 3 heterocycles. The Hall–Kier alpha value is -1.56. The smallest absolute Gasteiger partial charge is 0.226 e. The first-order valence-electron chi connectivity index (χ1n) is 8.95. The summed E-state index contributed by atoms with van der Waals surface area (Å²) in [5, 5.41) is 42.5. The Kier molecular flexibility index (Phi) is 5.19. The second-order valence-electron chi connectivity index (χ2n) is 7.04. The summed E-state index contributed by atoms with van der Waals surface area (Å²) < 4.78 is 7.02. The van der Waals surface area contributed by atoms with Crippen molar-refractivity contribution in [2.45, 2.75) is 62.4 Å². The van der Waals surface area contributed by atoms with E-state index in [1.54, 1.807) is 0 Å². The summed E-state index contributed by atoms with van der Waals surface area (Å²) in [5.41, 5.74) is 0.812. The molecule has 0 amide bonds. The van der Waals surface area contributed by atoms with Crippen LogP contribution in [0.5, 0.6) is 0 Å². The van der Waals surface area contributed by atoms with Crippen LogP contribution in [-0.2, 0) is 4.74 Å². The predicted molar refractivity (Wildman–Crippen MR) is 95.2 cm³/mol. The number of rotatable bonds is 4. The van der Waals surface area contributed by atoms with Crippen molar-refractivity contribution in [3.63, 3.8) is 0 Å². The molecule has 1 saturated heterocycles. The molecule has 2 aromatic heterocycles. The fourth-order valence-electron chi connectivity index (χ4n) is 3.70. The van der Waals surface area contributed by atoms with Gasteiger partial charge in [-0.1, -0.05) is 0 Å². The Labute approximate surface area is 159 Å². The third-order valence-corrected chi connectivity index (χ3v) is 5.39. The van der Waals surface area contributed by atoms with Gasteiger partial charge in [0.15, 0.2) is 23.2 Å². The minimum atomic E-state index is -1.25. The van der Waals surface area contributed by atoms with Gasteiger partial charge in [-0.2, -0.15) is 9.97 Å². The number of anilines is 1. The molecule has 0 bridgehead atoms. The highest BCUT2D eigenvalue weighted by molar-refractivity contribution is 6.28. The molecule has 0 spiro atoms.